The van der Waals surface area contributed by atoms with E-state index in [1.165, 1.54) is 42.9 Å². The molecule has 2 N–H and O–H groups in total. The van der Waals surface area contributed by atoms with E-state index in [9.17, 15) is 0 Å². The van der Waals surface area contributed by atoms with E-state index in [2.05, 4.69) is 37.3 Å². The van der Waals surface area contributed by atoms with Crippen LogP contribution in [0.1, 0.15) is 16.7 Å². The second-order valence-electron chi connectivity index (χ2n) is 7.33. The topological polar surface area (TPSA) is 36.6 Å². The zero-order valence-electron chi connectivity index (χ0n) is 16.9. The Morgan fingerprint density at radius 3 is 1.85 bits per heavy atom. The number of piperazine rings is 1. The molecule has 0 unspecified atom stereocenters. The lowest BCUT2D eigenvalue weighted by molar-refractivity contribution is -1.02. The van der Waals surface area contributed by atoms with E-state index in [0.29, 0.717) is 11.5 Å². The van der Waals surface area contributed by atoms with Crippen molar-refractivity contribution in [2.75, 3.05) is 47.5 Å². The van der Waals surface area contributed by atoms with Crippen LogP contribution in [0.3, 0.4) is 0 Å². The van der Waals surface area contributed by atoms with E-state index >= 15 is 0 Å². The zero-order chi connectivity index (χ0) is 19.2. The highest BCUT2D eigenvalue weighted by Gasteiger charge is 2.25. The van der Waals surface area contributed by atoms with Gasteiger partial charge in [0.05, 0.1) is 26.9 Å². The minimum Gasteiger partial charge on any atom is -0.493 e. The molecule has 3 rings (SSSR count). The molecule has 1 fully saturated rings. The van der Waals surface area contributed by atoms with Gasteiger partial charge in [-0.2, -0.15) is 0 Å². The molecule has 0 aliphatic carbocycles. The Hall–Kier alpha value is -2.24. The third kappa shape index (κ3) is 4.73. The Balaban J connectivity index is 1.60. The van der Waals surface area contributed by atoms with Crippen molar-refractivity contribution in [1.82, 2.24) is 0 Å². The van der Waals surface area contributed by atoms with Gasteiger partial charge in [-0.05, 0) is 19.1 Å². The van der Waals surface area contributed by atoms with Gasteiger partial charge in [0.2, 0.25) is 5.75 Å². The SMILES string of the molecule is COc1ccc(C[NH+]2CC[NH+](Cc3ccc(C)cc3)CC2)c(OC)c1OC. The Morgan fingerprint density at radius 2 is 1.30 bits per heavy atom. The molecule has 0 radical (unpaired) electrons. The first-order chi connectivity index (χ1) is 13.1. The molecule has 5 heteroatoms. The van der Waals surface area contributed by atoms with Crippen molar-refractivity contribution < 1.29 is 24.0 Å². The summed E-state index contributed by atoms with van der Waals surface area (Å²) in [7, 11) is 5.00. The molecular weight excluding hydrogens is 340 g/mol. The molecule has 2 aromatic carbocycles. The van der Waals surface area contributed by atoms with Crippen LogP contribution in [0.5, 0.6) is 17.2 Å². The molecule has 0 saturated carbocycles. The summed E-state index contributed by atoms with van der Waals surface area (Å²) in [6, 6.07) is 13.0. The molecule has 5 nitrogen and oxygen atoms in total. The lowest BCUT2D eigenvalue weighted by atomic mass is 10.1. The van der Waals surface area contributed by atoms with Crippen molar-refractivity contribution in [3.63, 3.8) is 0 Å². The van der Waals surface area contributed by atoms with Crippen molar-refractivity contribution in [1.29, 1.82) is 0 Å². The van der Waals surface area contributed by atoms with Crippen LogP contribution in [0.25, 0.3) is 0 Å². The summed E-state index contributed by atoms with van der Waals surface area (Å²) in [5.74, 6) is 2.18. The third-order valence-electron chi connectivity index (χ3n) is 5.47. The minimum absolute atomic E-state index is 0.681. The highest BCUT2D eigenvalue weighted by Crippen LogP contribution is 2.39. The molecule has 1 saturated heterocycles. The number of benzene rings is 2. The van der Waals surface area contributed by atoms with Crippen LogP contribution in [0.15, 0.2) is 36.4 Å². The van der Waals surface area contributed by atoms with Gasteiger partial charge in [-0.15, -0.1) is 0 Å². The molecule has 2 aromatic rings. The Labute approximate surface area is 162 Å². The van der Waals surface area contributed by atoms with Crippen LogP contribution in [0.4, 0.5) is 0 Å². The first-order valence-electron chi connectivity index (χ1n) is 9.65. The lowest BCUT2D eigenvalue weighted by Gasteiger charge is -2.30. The molecule has 146 valence electrons. The molecule has 1 heterocycles. The average Bonchev–Trinajstić information content (AvgIpc) is 2.70. The van der Waals surface area contributed by atoms with E-state index in [0.717, 1.165) is 18.8 Å². The molecular formula is C22H32N2O3+2. The maximum Gasteiger partial charge on any atom is 0.203 e. The quantitative estimate of drug-likeness (QED) is 0.743. The minimum atomic E-state index is 0.681. The normalized spacial score (nSPS) is 19.6. The number of methoxy groups -OCH3 is 3. The molecule has 0 atom stereocenters. The maximum absolute atomic E-state index is 5.64. The first-order valence-corrected chi connectivity index (χ1v) is 9.65. The number of nitrogens with one attached hydrogen (secondary N) is 2. The van der Waals surface area contributed by atoms with Crippen molar-refractivity contribution in [3.8, 4) is 17.2 Å². The van der Waals surface area contributed by atoms with Gasteiger partial charge in [0.25, 0.3) is 0 Å². The Bertz CT molecular complexity index is 738. The van der Waals surface area contributed by atoms with Gasteiger partial charge in [-0.1, -0.05) is 29.8 Å². The molecule has 0 bridgehead atoms. The van der Waals surface area contributed by atoms with Gasteiger partial charge >= 0.3 is 0 Å². The van der Waals surface area contributed by atoms with Crippen LogP contribution in [0.2, 0.25) is 0 Å². The van der Waals surface area contributed by atoms with E-state index in [1.807, 2.05) is 6.07 Å². The van der Waals surface area contributed by atoms with Crippen molar-refractivity contribution in [2.24, 2.45) is 0 Å². The van der Waals surface area contributed by atoms with Crippen molar-refractivity contribution >= 4 is 0 Å². The number of quaternary nitrogens is 2. The highest BCUT2D eigenvalue weighted by molar-refractivity contribution is 5.55. The molecule has 1 aliphatic rings. The fourth-order valence-electron chi connectivity index (χ4n) is 3.88. The van der Waals surface area contributed by atoms with Gasteiger partial charge in [0, 0.05) is 5.56 Å². The summed E-state index contributed by atoms with van der Waals surface area (Å²) in [5, 5.41) is 0. The van der Waals surface area contributed by atoms with Gasteiger partial charge in [-0.25, -0.2) is 0 Å². The summed E-state index contributed by atoms with van der Waals surface area (Å²) < 4.78 is 16.5. The summed E-state index contributed by atoms with van der Waals surface area (Å²) in [4.78, 5) is 3.26. The third-order valence-corrected chi connectivity index (χ3v) is 5.47. The zero-order valence-corrected chi connectivity index (χ0v) is 16.9. The van der Waals surface area contributed by atoms with Crippen LogP contribution in [-0.2, 0) is 13.1 Å². The molecule has 0 aromatic heterocycles. The van der Waals surface area contributed by atoms with E-state index < -0.39 is 0 Å². The van der Waals surface area contributed by atoms with Crippen molar-refractivity contribution in [2.45, 2.75) is 20.0 Å². The second kappa shape index (κ2) is 9.11. The molecule has 0 spiro atoms. The Kier molecular flexibility index (Phi) is 6.58. The standard InChI is InChI=1S/C22H30N2O3/c1-17-5-7-18(8-6-17)15-23-11-13-24(14-12-23)16-19-9-10-20(25-2)22(27-4)21(19)26-3/h5-10H,11-16H2,1-4H3/p+2. The van der Waals surface area contributed by atoms with Gasteiger partial charge in [0.1, 0.15) is 39.3 Å². The van der Waals surface area contributed by atoms with Crippen LogP contribution >= 0.6 is 0 Å². The number of rotatable bonds is 7. The predicted molar refractivity (Wildman–Crippen MR) is 106 cm³/mol. The van der Waals surface area contributed by atoms with E-state index in [-0.39, 0.29) is 0 Å². The summed E-state index contributed by atoms with van der Waals surface area (Å²) in [6.07, 6.45) is 0. The first kappa shape index (κ1) is 19.5. The van der Waals surface area contributed by atoms with Crippen LogP contribution in [0, 0.1) is 6.92 Å². The number of hydrogen-bond donors (Lipinski definition) is 2. The largest absolute Gasteiger partial charge is 0.493 e. The molecule has 0 amide bonds. The van der Waals surface area contributed by atoms with E-state index in [4.69, 9.17) is 14.2 Å². The van der Waals surface area contributed by atoms with E-state index in [1.54, 1.807) is 31.1 Å². The summed E-state index contributed by atoms with van der Waals surface area (Å²) >= 11 is 0. The highest BCUT2D eigenvalue weighted by atomic mass is 16.5. The maximum atomic E-state index is 5.64. The smallest absolute Gasteiger partial charge is 0.203 e. The lowest BCUT2D eigenvalue weighted by Crippen LogP contribution is -3.27. The number of aryl methyl sites for hydroxylation is 1. The average molecular weight is 373 g/mol. The second-order valence-corrected chi connectivity index (χ2v) is 7.33. The van der Waals surface area contributed by atoms with Crippen LogP contribution in [-0.4, -0.2) is 47.5 Å². The Morgan fingerprint density at radius 1 is 0.704 bits per heavy atom. The van der Waals surface area contributed by atoms with Gasteiger partial charge in [0.15, 0.2) is 11.5 Å². The summed E-state index contributed by atoms with van der Waals surface area (Å²) in [5.41, 5.74) is 3.93. The number of hydrogen-bond acceptors (Lipinski definition) is 3. The monoisotopic (exact) mass is 372 g/mol. The number of ether oxygens (including phenoxy) is 3. The summed E-state index contributed by atoms with van der Waals surface area (Å²) in [6.45, 7) is 8.92. The fourth-order valence-corrected chi connectivity index (χ4v) is 3.88. The fraction of sp³-hybridized carbons (Fsp3) is 0.455. The molecule has 1 aliphatic heterocycles. The van der Waals surface area contributed by atoms with Gasteiger partial charge < -0.3 is 24.0 Å². The van der Waals surface area contributed by atoms with Crippen molar-refractivity contribution in [3.05, 3.63) is 53.1 Å². The predicted octanol–water partition coefficient (Wildman–Crippen LogP) is 0.504. The van der Waals surface area contributed by atoms with Gasteiger partial charge in [-0.3, -0.25) is 0 Å². The van der Waals surface area contributed by atoms with Crippen LogP contribution < -0.4 is 24.0 Å². The molecule has 27 heavy (non-hydrogen) atoms.